The summed E-state index contributed by atoms with van der Waals surface area (Å²) in [5.41, 5.74) is 7.74. The van der Waals surface area contributed by atoms with E-state index in [1.807, 2.05) is 29.2 Å². The third-order valence-electron chi connectivity index (χ3n) is 3.88. The third kappa shape index (κ3) is 3.89. The minimum Gasteiger partial charge on any atom is -0.398 e. The topological polar surface area (TPSA) is 58.4 Å². The summed E-state index contributed by atoms with van der Waals surface area (Å²) in [7, 11) is 0. The van der Waals surface area contributed by atoms with Gasteiger partial charge in [-0.1, -0.05) is 38.0 Å². The SMILES string of the molecule is CCCN(Cc1ccccc1N)C(=O)NC1CCCC1. The first kappa shape index (κ1) is 14.7. The van der Waals surface area contributed by atoms with Crippen LogP contribution in [0.5, 0.6) is 0 Å². The number of carbonyl (C=O) groups excluding carboxylic acids is 1. The van der Waals surface area contributed by atoms with Gasteiger partial charge < -0.3 is 16.0 Å². The van der Waals surface area contributed by atoms with Crippen molar-refractivity contribution in [1.29, 1.82) is 0 Å². The van der Waals surface area contributed by atoms with Crippen molar-refractivity contribution in [3.05, 3.63) is 29.8 Å². The molecule has 3 N–H and O–H groups in total. The Bertz CT molecular complexity index is 441. The maximum Gasteiger partial charge on any atom is 0.317 e. The Hall–Kier alpha value is -1.71. The molecule has 4 nitrogen and oxygen atoms in total. The molecule has 0 unspecified atom stereocenters. The second-order valence-electron chi connectivity index (χ2n) is 5.55. The summed E-state index contributed by atoms with van der Waals surface area (Å²) in [5.74, 6) is 0. The van der Waals surface area contributed by atoms with E-state index in [-0.39, 0.29) is 6.03 Å². The van der Waals surface area contributed by atoms with Crippen LogP contribution in [0.25, 0.3) is 0 Å². The van der Waals surface area contributed by atoms with Crippen LogP contribution in [0.15, 0.2) is 24.3 Å². The van der Waals surface area contributed by atoms with Crippen molar-refractivity contribution >= 4 is 11.7 Å². The Balaban J connectivity index is 1.98. The molecular weight excluding hydrogens is 250 g/mol. The molecule has 0 aromatic heterocycles. The summed E-state index contributed by atoms with van der Waals surface area (Å²) >= 11 is 0. The number of hydrogen-bond donors (Lipinski definition) is 2. The predicted molar refractivity (Wildman–Crippen MR) is 82.3 cm³/mol. The van der Waals surface area contributed by atoms with Crippen molar-refractivity contribution in [3.63, 3.8) is 0 Å². The maximum atomic E-state index is 12.4. The summed E-state index contributed by atoms with van der Waals surface area (Å²) < 4.78 is 0. The number of nitrogens with zero attached hydrogens (tertiary/aromatic N) is 1. The van der Waals surface area contributed by atoms with Crippen molar-refractivity contribution in [2.24, 2.45) is 0 Å². The number of anilines is 1. The molecule has 4 heteroatoms. The maximum absolute atomic E-state index is 12.4. The van der Waals surface area contributed by atoms with Gasteiger partial charge in [0.1, 0.15) is 0 Å². The quantitative estimate of drug-likeness (QED) is 0.811. The molecule has 1 fully saturated rings. The summed E-state index contributed by atoms with van der Waals surface area (Å²) in [6.45, 7) is 3.43. The molecule has 1 aromatic rings. The monoisotopic (exact) mass is 275 g/mol. The van der Waals surface area contributed by atoms with Gasteiger partial charge >= 0.3 is 6.03 Å². The fourth-order valence-corrected chi connectivity index (χ4v) is 2.74. The van der Waals surface area contributed by atoms with Gasteiger partial charge in [-0.25, -0.2) is 4.79 Å². The van der Waals surface area contributed by atoms with Gasteiger partial charge in [0.05, 0.1) is 0 Å². The number of para-hydroxylation sites is 1. The highest BCUT2D eigenvalue weighted by atomic mass is 16.2. The number of hydrogen-bond acceptors (Lipinski definition) is 2. The molecule has 2 amide bonds. The van der Waals surface area contributed by atoms with Crippen LogP contribution in [0.2, 0.25) is 0 Å². The second kappa shape index (κ2) is 7.17. The van der Waals surface area contributed by atoms with Crippen molar-refractivity contribution in [2.45, 2.75) is 51.6 Å². The standard InChI is InChI=1S/C16H25N3O/c1-2-11-19(12-13-7-3-6-10-15(13)17)16(20)18-14-8-4-5-9-14/h3,6-7,10,14H,2,4-5,8-9,11-12,17H2,1H3,(H,18,20). The van der Waals surface area contributed by atoms with Crippen LogP contribution in [0.1, 0.15) is 44.6 Å². The fourth-order valence-electron chi connectivity index (χ4n) is 2.74. The molecule has 0 heterocycles. The Morgan fingerprint density at radius 3 is 2.70 bits per heavy atom. The highest BCUT2D eigenvalue weighted by molar-refractivity contribution is 5.74. The molecule has 0 radical (unpaired) electrons. The number of amides is 2. The van der Waals surface area contributed by atoms with E-state index in [1.54, 1.807) is 0 Å². The zero-order valence-corrected chi connectivity index (χ0v) is 12.3. The number of nitrogen functional groups attached to an aromatic ring is 1. The minimum absolute atomic E-state index is 0.0435. The van der Waals surface area contributed by atoms with Crippen molar-refractivity contribution in [1.82, 2.24) is 10.2 Å². The molecule has 1 aliphatic rings. The molecular formula is C16H25N3O. The lowest BCUT2D eigenvalue weighted by atomic mass is 10.1. The van der Waals surface area contributed by atoms with E-state index in [0.717, 1.165) is 37.1 Å². The zero-order chi connectivity index (χ0) is 14.4. The number of carbonyl (C=O) groups is 1. The molecule has 1 aromatic carbocycles. The number of nitrogens with one attached hydrogen (secondary N) is 1. The average Bonchev–Trinajstić information content (AvgIpc) is 2.93. The largest absolute Gasteiger partial charge is 0.398 e. The molecule has 2 rings (SSSR count). The first-order chi connectivity index (χ1) is 9.70. The lowest BCUT2D eigenvalue weighted by molar-refractivity contribution is 0.191. The predicted octanol–water partition coefficient (Wildman–Crippen LogP) is 3.13. The first-order valence-corrected chi connectivity index (χ1v) is 7.59. The van der Waals surface area contributed by atoms with Crippen molar-refractivity contribution in [3.8, 4) is 0 Å². The van der Waals surface area contributed by atoms with E-state index < -0.39 is 0 Å². The van der Waals surface area contributed by atoms with E-state index in [1.165, 1.54) is 12.8 Å². The van der Waals surface area contributed by atoms with Gasteiger partial charge in [0.25, 0.3) is 0 Å². The fraction of sp³-hybridized carbons (Fsp3) is 0.562. The molecule has 0 saturated heterocycles. The number of benzene rings is 1. The Morgan fingerprint density at radius 2 is 2.05 bits per heavy atom. The van der Waals surface area contributed by atoms with E-state index in [4.69, 9.17) is 5.73 Å². The minimum atomic E-state index is 0.0435. The summed E-state index contributed by atoms with van der Waals surface area (Å²) in [6, 6.07) is 8.15. The normalized spacial score (nSPS) is 15.2. The number of rotatable bonds is 5. The second-order valence-corrected chi connectivity index (χ2v) is 5.55. The summed E-state index contributed by atoms with van der Waals surface area (Å²) in [6.07, 6.45) is 5.62. The Morgan fingerprint density at radius 1 is 1.35 bits per heavy atom. The van der Waals surface area contributed by atoms with Gasteiger partial charge in [-0.15, -0.1) is 0 Å². The van der Waals surface area contributed by atoms with Crippen LogP contribution in [0, 0.1) is 0 Å². The summed E-state index contributed by atoms with van der Waals surface area (Å²) in [5, 5.41) is 3.15. The molecule has 0 aliphatic heterocycles. The van der Waals surface area contributed by atoms with E-state index in [0.29, 0.717) is 12.6 Å². The van der Waals surface area contributed by atoms with Crippen molar-refractivity contribution < 1.29 is 4.79 Å². The van der Waals surface area contributed by atoms with Gasteiger partial charge in [-0.3, -0.25) is 0 Å². The molecule has 20 heavy (non-hydrogen) atoms. The highest BCUT2D eigenvalue weighted by Gasteiger charge is 2.20. The number of urea groups is 1. The smallest absolute Gasteiger partial charge is 0.317 e. The third-order valence-corrected chi connectivity index (χ3v) is 3.88. The Labute approximate surface area is 121 Å². The van der Waals surface area contributed by atoms with Gasteiger partial charge in [-0.2, -0.15) is 0 Å². The van der Waals surface area contributed by atoms with Crippen LogP contribution >= 0.6 is 0 Å². The molecule has 1 aliphatic carbocycles. The van der Waals surface area contributed by atoms with E-state index >= 15 is 0 Å². The lowest BCUT2D eigenvalue weighted by Crippen LogP contribution is -2.44. The van der Waals surface area contributed by atoms with Gasteiger partial charge in [0.15, 0.2) is 0 Å². The van der Waals surface area contributed by atoms with Gasteiger partial charge in [0.2, 0.25) is 0 Å². The molecule has 1 saturated carbocycles. The molecule has 0 spiro atoms. The van der Waals surface area contributed by atoms with Crippen LogP contribution in [-0.2, 0) is 6.54 Å². The van der Waals surface area contributed by atoms with Crippen LogP contribution in [0.3, 0.4) is 0 Å². The summed E-state index contributed by atoms with van der Waals surface area (Å²) in [4.78, 5) is 14.2. The van der Waals surface area contributed by atoms with Gasteiger partial charge in [-0.05, 0) is 30.9 Å². The Kier molecular flexibility index (Phi) is 5.27. The average molecular weight is 275 g/mol. The van der Waals surface area contributed by atoms with E-state index in [9.17, 15) is 4.79 Å². The van der Waals surface area contributed by atoms with Crippen molar-refractivity contribution in [2.75, 3.05) is 12.3 Å². The first-order valence-electron chi connectivity index (χ1n) is 7.59. The van der Waals surface area contributed by atoms with Crippen LogP contribution < -0.4 is 11.1 Å². The molecule has 110 valence electrons. The zero-order valence-electron chi connectivity index (χ0n) is 12.3. The molecule has 0 bridgehead atoms. The van der Waals surface area contributed by atoms with Crippen LogP contribution in [0.4, 0.5) is 10.5 Å². The van der Waals surface area contributed by atoms with Crippen LogP contribution in [-0.4, -0.2) is 23.5 Å². The van der Waals surface area contributed by atoms with E-state index in [2.05, 4.69) is 12.2 Å². The van der Waals surface area contributed by atoms with Gasteiger partial charge in [0, 0.05) is 24.8 Å². The lowest BCUT2D eigenvalue weighted by Gasteiger charge is -2.25. The molecule has 0 atom stereocenters. The number of nitrogens with two attached hydrogens (primary N) is 1. The highest BCUT2D eigenvalue weighted by Crippen LogP contribution is 2.19.